The highest BCUT2D eigenvalue weighted by molar-refractivity contribution is 5.91. The summed E-state index contributed by atoms with van der Waals surface area (Å²) in [5.41, 5.74) is 0.577. The van der Waals surface area contributed by atoms with Gasteiger partial charge in [0.05, 0.1) is 22.3 Å². The Balaban J connectivity index is 1.48. The third kappa shape index (κ3) is 7.34. The third-order valence-electron chi connectivity index (χ3n) is 6.72. The quantitative estimate of drug-likeness (QED) is 0.189. The first kappa shape index (κ1) is 30.1. The van der Waals surface area contributed by atoms with Crippen molar-refractivity contribution in [3.05, 3.63) is 144 Å². The van der Waals surface area contributed by atoms with Gasteiger partial charge in [-0.05, 0) is 48.5 Å². The van der Waals surface area contributed by atoms with E-state index in [-0.39, 0.29) is 22.3 Å². The van der Waals surface area contributed by atoms with Crippen LogP contribution in [0.15, 0.2) is 121 Å². The second-order valence-corrected chi connectivity index (χ2v) is 9.70. The van der Waals surface area contributed by atoms with Gasteiger partial charge >= 0.3 is 23.9 Å². The van der Waals surface area contributed by atoms with Gasteiger partial charge < -0.3 is 23.7 Å². The van der Waals surface area contributed by atoms with Crippen LogP contribution in [0.4, 0.5) is 4.39 Å². The number of alkyl halides is 1. The van der Waals surface area contributed by atoms with Gasteiger partial charge in [-0.3, -0.25) is 0 Å². The summed E-state index contributed by atoms with van der Waals surface area (Å²) < 4.78 is 43.6. The number of halogens is 1. The molecule has 0 amide bonds. The zero-order valence-electron chi connectivity index (χ0n) is 23.2. The van der Waals surface area contributed by atoms with E-state index < -0.39 is 61.3 Å². The Morgan fingerprint density at radius 3 is 1.25 bits per heavy atom. The summed E-state index contributed by atoms with van der Waals surface area (Å²) in [4.78, 5) is 52.1. The lowest BCUT2D eigenvalue weighted by Crippen LogP contribution is -2.61. The summed E-state index contributed by atoms with van der Waals surface area (Å²) in [7, 11) is 0. The second kappa shape index (κ2) is 14.2. The first-order valence-corrected chi connectivity index (χ1v) is 13.7. The van der Waals surface area contributed by atoms with Crippen molar-refractivity contribution in [2.24, 2.45) is 0 Å². The third-order valence-corrected chi connectivity index (χ3v) is 6.72. The van der Waals surface area contributed by atoms with E-state index in [0.29, 0.717) is 0 Å². The molecule has 1 fully saturated rings. The Bertz CT molecular complexity index is 1570. The molecule has 5 atom stereocenters. The minimum absolute atomic E-state index is 0.101. The molecule has 4 aromatic carbocycles. The number of hydrogen-bond donors (Lipinski definition) is 0. The highest BCUT2D eigenvalue weighted by Crippen LogP contribution is 2.31. The molecule has 0 aliphatic carbocycles. The number of rotatable bonds is 9. The van der Waals surface area contributed by atoms with Crippen LogP contribution in [-0.4, -0.2) is 61.3 Å². The Hall–Kier alpha value is -5.35. The van der Waals surface area contributed by atoms with E-state index in [2.05, 4.69) is 0 Å². The van der Waals surface area contributed by atoms with Crippen molar-refractivity contribution in [1.82, 2.24) is 0 Å². The van der Waals surface area contributed by atoms with E-state index >= 15 is 4.39 Å². The summed E-state index contributed by atoms with van der Waals surface area (Å²) in [6.45, 7) is -0.584. The maximum atomic E-state index is 15.8. The normalized spacial score (nSPS) is 21.0. The lowest BCUT2D eigenvalue weighted by molar-refractivity contribution is -0.261. The average Bonchev–Trinajstić information content (AvgIpc) is 3.07. The van der Waals surface area contributed by atoms with Crippen molar-refractivity contribution in [1.29, 1.82) is 0 Å². The summed E-state index contributed by atoms with van der Waals surface area (Å²) in [5.74, 6) is -3.42. The molecule has 0 saturated carbocycles. The molecule has 5 unspecified atom stereocenters. The summed E-state index contributed by atoms with van der Waals surface area (Å²) in [6, 6.07) is 31.6. The standard InChI is InChI=1S/C34H27FO9/c35-30-29(44-34(39)25-19-11-4-12-20-25)28(43-33(38)24-17-9-3-10-18-24)27(42-32(37)23-15-7-2-8-16-23)26(41-30)21-40-31(36)22-13-5-1-6-14-22/h1-20,26-30H,21H2. The molecule has 10 heteroatoms. The predicted octanol–water partition coefficient (Wildman–Crippen LogP) is 5.21. The molecule has 4 aromatic rings. The largest absolute Gasteiger partial charge is 0.459 e. The summed E-state index contributed by atoms with van der Waals surface area (Å²) >= 11 is 0. The molecule has 5 rings (SSSR count). The smallest absolute Gasteiger partial charge is 0.338 e. The van der Waals surface area contributed by atoms with Crippen LogP contribution in [-0.2, 0) is 23.7 Å². The molecule has 0 radical (unpaired) electrons. The van der Waals surface area contributed by atoms with E-state index in [1.807, 2.05) is 0 Å². The van der Waals surface area contributed by atoms with Gasteiger partial charge in [0.15, 0.2) is 18.3 Å². The van der Waals surface area contributed by atoms with E-state index in [9.17, 15) is 19.2 Å². The van der Waals surface area contributed by atoms with E-state index in [4.69, 9.17) is 23.7 Å². The minimum atomic E-state index is -2.36. The summed E-state index contributed by atoms with van der Waals surface area (Å²) in [5, 5.41) is 0. The highest BCUT2D eigenvalue weighted by Gasteiger charge is 2.53. The van der Waals surface area contributed by atoms with Crippen molar-refractivity contribution >= 4 is 23.9 Å². The predicted molar refractivity (Wildman–Crippen MR) is 153 cm³/mol. The Morgan fingerprint density at radius 1 is 0.500 bits per heavy atom. The minimum Gasteiger partial charge on any atom is -0.459 e. The fourth-order valence-electron chi connectivity index (χ4n) is 4.51. The van der Waals surface area contributed by atoms with Crippen LogP contribution in [0.5, 0.6) is 0 Å². The van der Waals surface area contributed by atoms with Gasteiger partial charge in [0.1, 0.15) is 12.7 Å². The van der Waals surface area contributed by atoms with Gasteiger partial charge in [-0.2, -0.15) is 0 Å². The lowest BCUT2D eigenvalue weighted by atomic mass is 9.98. The SMILES string of the molecule is O=C(OCC1OC(F)C(OC(=O)c2ccccc2)C(OC(=O)c2ccccc2)C1OC(=O)c1ccccc1)c1ccccc1. The van der Waals surface area contributed by atoms with Crippen molar-refractivity contribution in [2.45, 2.75) is 30.8 Å². The van der Waals surface area contributed by atoms with Crippen LogP contribution in [0.3, 0.4) is 0 Å². The molecular weight excluding hydrogens is 571 g/mol. The molecule has 1 saturated heterocycles. The lowest BCUT2D eigenvalue weighted by Gasteiger charge is -2.42. The molecule has 9 nitrogen and oxygen atoms in total. The number of hydrogen-bond acceptors (Lipinski definition) is 9. The van der Waals surface area contributed by atoms with Crippen LogP contribution >= 0.6 is 0 Å². The Morgan fingerprint density at radius 2 is 0.841 bits per heavy atom. The topological polar surface area (TPSA) is 114 Å². The van der Waals surface area contributed by atoms with E-state index in [1.54, 1.807) is 72.8 Å². The van der Waals surface area contributed by atoms with Gasteiger partial charge in [0.2, 0.25) is 6.36 Å². The van der Waals surface area contributed by atoms with Crippen molar-refractivity contribution in [2.75, 3.05) is 6.61 Å². The number of carbonyl (C=O) groups is 4. The van der Waals surface area contributed by atoms with Gasteiger partial charge in [-0.1, -0.05) is 72.8 Å². The monoisotopic (exact) mass is 598 g/mol. The Labute approximate surface area is 252 Å². The van der Waals surface area contributed by atoms with Crippen LogP contribution in [0.1, 0.15) is 41.4 Å². The number of benzene rings is 4. The molecule has 44 heavy (non-hydrogen) atoms. The van der Waals surface area contributed by atoms with E-state index in [0.717, 1.165) is 0 Å². The van der Waals surface area contributed by atoms with E-state index in [1.165, 1.54) is 48.5 Å². The van der Waals surface area contributed by atoms with Crippen molar-refractivity contribution in [3.8, 4) is 0 Å². The van der Waals surface area contributed by atoms with Crippen molar-refractivity contribution in [3.63, 3.8) is 0 Å². The first-order valence-electron chi connectivity index (χ1n) is 13.7. The fraction of sp³-hybridized carbons (Fsp3) is 0.176. The molecule has 0 aromatic heterocycles. The molecule has 1 aliphatic rings. The fourth-order valence-corrected chi connectivity index (χ4v) is 4.51. The highest BCUT2D eigenvalue weighted by atomic mass is 19.1. The molecule has 0 bridgehead atoms. The number of ether oxygens (including phenoxy) is 5. The van der Waals surface area contributed by atoms with Crippen LogP contribution in [0, 0.1) is 0 Å². The van der Waals surface area contributed by atoms with Crippen LogP contribution in [0.25, 0.3) is 0 Å². The summed E-state index contributed by atoms with van der Waals surface area (Å²) in [6.07, 6.45) is -8.94. The van der Waals surface area contributed by atoms with Crippen LogP contribution in [0.2, 0.25) is 0 Å². The van der Waals surface area contributed by atoms with Gasteiger partial charge in [-0.15, -0.1) is 0 Å². The molecule has 0 N–H and O–H groups in total. The number of esters is 4. The molecule has 0 spiro atoms. The number of carbonyl (C=O) groups excluding carboxylic acids is 4. The maximum absolute atomic E-state index is 15.8. The molecule has 1 heterocycles. The Kier molecular flexibility index (Phi) is 9.73. The first-order chi connectivity index (χ1) is 21.4. The van der Waals surface area contributed by atoms with Crippen molar-refractivity contribution < 1.29 is 47.3 Å². The molecule has 1 aliphatic heterocycles. The maximum Gasteiger partial charge on any atom is 0.338 e. The van der Waals surface area contributed by atoms with Gasteiger partial charge in [-0.25, -0.2) is 23.6 Å². The molecule has 224 valence electrons. The zero-order valence-corrected chi connectivity index (χ0v) is 23.2. The average molecular weight is 599 g/mol. The zero-order chi connectivity index (χ0) is 30.9. The molecular formula is C34H27FO9. The second-order valence-electron chi connectivity index (χ2n) is 9.70. The van der Waals surface area contributed by atoms with Gasteiger partial charge in [0.25, 0.3) is 0 Å². The van der Waals surface area contributed by atoms with Gasteiger partial charge in [0, 0.05) is 0 Å². The van der Waals surface area contributed by atoms with Crippen LogP contribution < -0.4 is 0 Å².